The van der Waals surface area contributed by atoms with Gasteiger partial charge in [-0.2, -0.15) is 0 Å². The zero-order valence-electron chi connectivity index (χ0n) is 12.2. The van der Waals surface area contributed by atoms with Gasteiger partial charge in [0.2, 0.25) is 0 Å². The lowest BCUT2D eigenvalue weighted by Gasteiger charge is -2.23. The summed E-state index contributed by atoms with van der Waals surface area (Å²) >= 11 is 12.6. The number of hydrogen-bond donors (Lipinski definition) is 2. The number of hydrogen-bond acceptors (Lipinski definition) is 2. The highest BCUT2D eigenvalue weighted by atomic mass is 35.5. The molecule has 0 unspecified atom stereocenters. The van der Waals surface area contributed by atoms with Gasteiger partial charge in [0.1, 0.15) is 8.22 Å². The fourth-order valence-electron chi connectivity index (χ4n) is 2.08. The van der Waals surface area contributed by atoms with Gasteiger partial charge in [-0.15, -0.1) is 0 Å². The Morgan fingerprint density at radius 1 is 0.565 bits per heavy atom. The van der Waals surface area contributed by atoms with E-state index in [1.54, 1.807) is 0 Å². The molecule has 0 heterocycles. The number of para-hydroxylation sites is 2. The van der Waals surface area contributed by atoms with Crippen molar-refractivity contribution in [2.24, 2.45) is 0 Å². The van der Waals surface area contributed by atoms with Gasteiger partial charge in [-0.25, -0.2) is 0 Å². The summed E-state index contributed by atoms with van der Waals surface area (Å²) in [6.45, 7) is 0. The first-order chi connectivity index (χ1) is 11.2. The van der Waals surface area contributed by atoms with Gasteiger partial charge in [-0.3, -0.25) is 0 Å². The van der Waals surface area contributed by atoms with Gasteiger partial charge in [-0.1, -0.05) is 77.8 Å². The summed E-state index contributed by atoms with van der Waals surface area (Å²) < 4.78 is 0. The minimum atomic E-state index is -0.910. The van der Waals surface area contributed by atoms with Crippen molar-refractivity contribution in [1.29, 1.82) is 0 Å². The first kappa shape index (κ1) is 16.1. The lowest BCUT2D eigenvalue weighted by atomic mass is 10.3. The molecule has 0 spiro atoms. The molecule has 0 saturated heterocycles. The Balaban J connectivity index is 1.91. The monoisotopic (exact) mass is 360 g/mol. The third-order valence-corrected chi connectivity index (χ3v) is 5.63. The van der Waals surface area contributed by atoms with Crippen LogP contribution in [0.1, 0.15) is 0 Å². The molecule has 0 aliphatic heterocycles. The predicted molar refractivity (Wildman–Crippen MR) is 103 cm³/mol. The van der Waals surface area contributed by atoms with Gasteiger partial charge in [0.05, 0.1) is 21.4 Å². The second-order valence-corrected chi connectivity index (χ2v) is 7.30. The van der Waals surface area contributed by atoms with Crippen molar-refractivity contribution in [3.8, 4) is 0 Å². The second kappa shape index (κ2) is 7.70. The average molecular weight is 361 g/mol. The molecule has 0 aliphatic rings. The predicted octanol–water partition coefficient (Wildman–Crippen LogP) is 6.15. The largest absolute Gasteiger partial charge is 0.343 e. The maximum Gasteiger partial charge on any atom is 0.123 e. The third-order valence-electron chi connectivity index (χ3n) is 3.23. The van der Waals surface area contributed by atoms with Crippen LogP contribution in [0.15, 0.2) is 78.9 Å². The molecule has 116 valence electrons. The summed E-state index contributed by atoms with van der Waals surface area (Å²) in [5.74, 6) is 0. The highest BCUT2D eigenvalue weighted by Gasteiger charge is 2.14. The molecule has 0 aliphatic carbocycles. The van der Waals surface area contributed by atoms with Crippen molar-refractivity contribution >= 4 is 48.1 Å². The van der Waals surface area contributed by atoms with Crippen molar-refractivity contribution in [2.45, 2.75) is 0 Å². The zero-order chi connectivity index (χ0) is 16.1. The number of benzene rings is 3. The quantitative estimate of drug-likeness (QED) is 0.532. The Hall–Kier alpha value is -1.73. The van der Waals surface area contributed by atoms with E-state index in [9.17, 15) is 0 Å². The number of nitrogens with one attached hydrogen (secondary N) is 2. The Kier molecular flexibility index (Phi) is 5.40. The molecule has 0 atom stereocenters. The Morgan fingerprint density at radius 2 is 1.00 bits per heavy atom. The van der Waals surface area contributed by atoms with E-state index in [1.807, 2.05) is 66.7 Å². The highest BCUT2D eigenvalue weighted by Crippen LogP contribution is 2.40. The zero-order valence-corrected chi connectivity index (χ0v) is 14.6. The molecular weight excluding hydrogens is 346 g/mol. The van der Waals surface area contributed by atoms with Gasteiger partial charge in [0.15, 0.2) is 0 Å². The summed E-state index contributed by atoms with van der Waals surface area (Å²) in [4.78, 5) is 0. The molecule has 2 N–H and O–H groups in total. The fraction of sp³-hybridized carbons (Fsp3) is 0. The van der Waals surface area contributed by atoms with E-state index in [0.717, 1.165) is 16.7 Å². The molecule has 23 heavy (non-hydrogen) atoms. The minimum absolute atomic E-state index is 0.692. The molecule has 0 amide bonds. The second-order valence-electron chi connectivity index (χ2n) is 4.85. The highest BCUT2D eigenvalue weighted by molar-refractivity contribution is 7.68. The van der Waals surface area contributed by atoms with Gasteiger partial charge < -0.3 is 10.2 Å². The van der Waals surface area contributed by atoms with E-state index < -0.39 is 8.22 Å². The molecule has 0 aromatic heterocycles. The van der Waals surface area contributed by atoms with Crippen molar-refractivity contribution in [3.63, 3.8) is 0 Å². The van der Waals surface area contributed by atoms with Crippen LogP contribution in [0.5, 0.6) is 0 Å². The number of anilines is 2. The van der Waals surface area contributed by atoms with Gasteiger partial charge in [-0.05, 0) is 24.3 Å². The summed E-state index contributed by atoms with van der Waals surface area (Å²) in [5.41, 5.74) is 1.78. The molecule has 3 aromatic carbocycles. The molecular formula is C18H15Cl2N2P. The molecule has 3 rings (SSSR count). The lowest BCUT2D eigenvalue weighted by molar-refractivity contribution is 1.63. The van der Waals surface area contributed by atoms with E-state index in [4.69, 9.17) is 23.2 Å². The Morgan fingerprint density at radius 3 is 1.48 bits per heavy atom. The normalized spacial score (nSPS) is 10.6. The van der Waals surface area contributed by atoms with Gasteiger partial charge in [0, 0.05) is 5.30 Å². The van der Waals surface area contributed by atoms with Gasteiger partial charge >= 0.3 is 0 Å². The Labute approximate surface area is 147 Å². The average Bonchev–Trinajstić information content (AvgIpc) is 2.59. The van der Waals surface area contributed by atoms with Crippen LogP contribution >= 0.6 is 31.4 Å². The summed E-state index contributed by atoms with van der Waals surface area (Å²) in [7, 11) is -0.910. The molecule has 3 aromatic rings. The van der Waals surface area contributed by atoms with Crippen LogP contribution in [0.2, 0.25) is 10.0 Å². The van der Waals surface area contributed by atoms with Gasteiger partial charge in [0.25, 0.3) is 0 Å². The lowest BCUT2D eigenvalue weighted by Crippen LogP contribution is -2.13. The van der Waals surface area contributed by atoms with Crippen molar-refractivity contribution in [3.05, 3.63) is 88.9 Å². The van der Waals surface area contributed by atoms with Crippen LogP contribution in [-0.4, -0.2) is 0 Å². The first-order valence-corrected chi connectivity index (χ1v) is 9.21. The smallest absolute Gasteiger partial charge is 0.123 e. The van der Waals surface area contributed by atoms with E-state index in [2.05, 4.69) is 22.3 Å². The number of rotatable bonds is 5. The maximum atomic E-state index is 6.28. The van der Waals surface area contributed by atoms with Crippen molar-refractivity contribution in [1.82, 2.24) is 0 Å². The summed E-state index contributed by atoms with van der Waals surface area (Å²) in [6.07, 6.45) is 0. The maximum absolute atomic E-state index is 6.28. The molecule has 0 radical (unpaired) electrons. The van der Waals surface area contributed by atoms with Crippen LogP contribution < -0.4 is 15.5 Å². The van der Waals surface area contributed by atoms with Crippen LogP contribution in [0, 0.1) is 0 Å². The van der Waals surface area contributed by atoms with E-state index >= 15 is 0 Å². The topological polar surface area (TPSA) is 24.1 Å². The van der Waals surface area contributed by atoms with Crippen LogP contribution in [0.25, 0.3) is 0 Å². The molecule has 0 fully saturated rings. The standard InChI is InChI=1S/C18H15Cl2N2P/c19-15-10-4-6-12-17(15)21-23(14-8-2-1-3-9-14)22-18-13-7-5-11-16(18)20/h1-13,21-22H. The van der Waals surface area contributed by atoms with Crippen LogP contribution in [0.4, 0.5) is 11.4 Å². The van der Waals surface area contributed by atoms with Crippen molar-refractivity contribution in [2.75, 3.05) is 10.2 Å². The minimum Gasteiger partial charge on any atom is -0.343 e. The number of halogens is 2. The van der Waals surface area contributed by atoms with Crippen molar-refractivity contribution < 1.29 is 0 Å². The van der Waals surface area contributed by atoms with E-state index in [1.165, 1.54) is 0 Å². The SMILES string of the molecule is Clc1ccccc1NP(Nc1ccccc1Cl)c1ccccc1. The van der Waals surface area contributed by atoms with E-state index in [-0.39, 0.29) is 0 Å². The summed E-state index contributed by atoms with van der Waals surface area (Å²) in [6, 6.07) is 25.6. The molecule has 2 nitrogen and oxygen atoms in total. The van der Waals surface area contributed by atoms with Crippen LogP contribution in [-0.2, 0) is 0 Å². The molecule has 0 saturated carbocycles. The first-order valence-electron chi connectivity index (χ1n) is 7.11. The third kappa shape index (κ3) is 4.17. The Bertz CT molecular complexity index is 733. The fourth-order valence-corrected chi connectivity index (χ4v) is 4.23. The summed E-state index contributed by atoms with van der Waals surface area (Å²) in [5, 5.41) is 9.54. The van der Waals surface area contributed by atoms with E-state index in [0.29, 0.717) is 10.0 Å². The van der Waals surface area contributed by atoms with Crippen LogP contribution in [0.3, 0.4) is 0 Å². The molecule has 5 heteroatoms. The molecule has 0 bridgehead atoms.